The van der Waals surface area contributed by atoms with E-state index in [4.69, 9.17) is 40.9 Å². The molecule has 0 bridgehead atoms. The highest BCUT2D eigenvalue weighted by Crippen LogP contribution is 2.40. The third-order valence-corrected chi connectivity index (χ3v) is 7.73. The van der Waals surface area contributed by atoms with Gasteiger partial charge in [0.15, 0.2) is 35.2 Å². The monoisotopic (exact) mass is 575 g/mol. The summed E-state index contributed by atoms with van der Waals surface area (Å²) in [5.74, 6) is -0.889. The zero-order chi connectivity index (χ0) is 28.7. The number of Topliss-reactive ketones (excluding diaryl/α,β-unsaturated/α-hetero) is 1. The van der Waals surface area contributed by atoms with Gasteiger partial charge in [0.25, 0.3) is 0 Å². The molecule has 3 fully saturated rings. The van der Waals surface area contributed by atoms with Crippen LogP contribution in [-0.2, 0) is 28.5 Å². The minimum atomic E-state index is -2.51. The molecular formula is C20H37N3O14S. The fourth-order valence-corrected chi connectivity index (χ4v) is 4.98. The van der Waals surface area contributed by atoms with E-state index in [1.165, 1.54) is 0 Å². The Balaban J connectivity index is 1.81. The molecule has 18 heteroatoms. The predicted molar refractivity (Wildman–Crippen MR) is 125 cm³/mol. The van der Waals surface area contributed by atoms with Crippen LogP contribution in [0.5, 0.6) is 0 Å². The topological polar surface area (TPSA) is 303 Å². The van der Waals surface area contributed by atoms with Gasteiger partial charge in [0.1, 0.15) is 42.7 Å². The molecule has 0 amide bonds. The van der Waals surface area contributed by atoms with E-state index in [1.54, 1.807) is 0 Å². The number of hydrogen-bond donors (Lipinski definition) is 12. The van der Waals surface area contributed by atoms with Crippen molar-refractivity contribution in [1.82, 2.24) is 0 Å². The summed E-state index contributed by atoms with van der Waals surface area (Å²) >= 11 is 3.95. The van der Waals surface area contributed by atoms with Gasteiger partial charge < -0.3 is 81.7 Å². The number of ketones is 1. The Bertz CT molecular complexity index is 826. The number of aliphatic hydroxyl groups is 8. The Kier molecular flexibility index (Phi) is 10.1. The van der Waals surface area contributed by atoms with E-state index in [-0.39, 0.29) is 0 Å². The first-order chi connectivity index (χ1) is 17.7. The molecule has 0 aromatic heterocycles. The zero-order valence-electron chi connectivity index (χ0n) is 20.3. The van der Waals surface area contributed by atoms with E-state index in [0.29, 0.717) is 0 Å². The van der Waals surface area contributed by atoms with Crippen LogP contribution in [0.1, 0.15) is 6.92 Å². The molecule has 0 saturated carbocycles. The van der Waals surface area contributed by atoms with E-state index in [2.05, 4.69) is 12.6 Å². The van der Waals surface area contributed by atoms with Crippen molar-refractivity contribution in [1.29, 1.82) is 0 Å². The van der Waals surface area contributed by atoms with Gasteiger partial charge in [-0.25, -0.2) is 0 Å². The molecule has 17 nitrogen and oxygen atoms in total. The molecule has 3 saturated heterocycles. The molecule has 3 heterocycles. The van der Waals surface area contributed by atoms with Gasteiger partial charge in [-0.05, 0) is 6.92 Å². The highest BCUT2D eigenvalue weighted by molar-refractivity contribution is 7.81. The van der Waals surface area contributed by atoms with E-state index >= 15 is 0 Å². The van der Waals surface area contributed by atoms with E-state index in [0.717, 1.165) is 6.92 Å². The number of carbonyl (C=O) groups is 1. The standard InChI is InChI=1S/C20H37N3O14S/c1-5(27)19(4-26)18(31)20(32,38)14(23)17(37-19)36-13-7(3-25)34-16(9(22)11(13)29)35-12-6(2-24)33-15(30)8(21)10(12)28/h6-18,24-26,28-32,38H,2-4,21-23H2,1H3/t6-,7-,8-,9-,10-,11-,12?,13?,14-,15-,16+,17+,18+,19+,20-/m1/s1. The van der Waals surface area contributed by atoms with Crippen LogP contribution < -0.4 is 17.2 Å². The van der Waals surface area contributed by atoms with Gasteiger partial charge in [-0.1, -0.05) is 0 Å². The molecule has 0 spiro atoms. The lowest BCUT2D eigenvalue weighted by Gasteiger charge is -2.53. The number of ether oxygens (including phenoxy) is 5. The van der Waals surface area contributed by atoms with Crippen molar-refractivity contribution in [3.63, 3.8) is 0 Å². The van der Waals surface area contributed by atoms with Crippen molar-refractivity contribution in [3.8, 4) is 0 Å². The lowest BCUT2D eigenvalue weighted by atomic mass is 9.83. The summed E-state index contributed by atoms with van der Waals surface area (Å²) in [5, 5.41) is 81.7. The Labute approximate surface area is 222 Å². The van der Waals surface area contributed by atoms with Crippen molar-refractivity contribution in [2.45, 2.75) is 97.2 Å². The Morgan fingerprint density at radius 2 is 1.39 bits per heavy atom. The molecule has 3 rings (SSSR count). The van der Waals surface area contributed by atoms with Gasteiger partial charge in [-0.3, -0.25) is 4.79 Å². The van der Waals surface area contributed by atoms with Crippen molar-refractivity contribution in [2.75, 3.05) is 19.8 Å². The van der Waals surface area contributed by atoms with Gasteiger partial charge >= 0.3 is 0 Å². The molecule has 0 radical (unpaired) electrons. The molecule has 2 unspecified atom stereocenters. The SMILES string of the molecule is CC(=O)[C@]1(CO)O[C@H](OC2[C@@H](CO)O[C@@H](OC3[C@@H](CO)O[C@@H](O)[C@H](N)[C@H]3O)[C@H](N)[C@H]2O)[C@@H](N)[C@@](O)(S)[C@H]1O. The van der Waals surface area contributed by atoms with Gasteiger partial charge in [-0.15, -0.1) is 12.6 Å². The summed E-state index contributed by atoms with van der Waals surface area (Å²) in [6.07, 6.45) is -15.8. The average molecular weight is 576 g/mol. The van der Waals surface area contributed by atoms with Crippen LogP contribution in [0.4, 0.5) is 0 Å². The normalized spacial score (nSPS) is 52.1. The molecule has 222 valence electrons. The lowest BCUT2D eigenvalue weighted by molar-refractivity contribution is -0.357. The number of rotatable bonds is 8. The second kappa shape index (κ2) is 12.1. The van der Waals surface area contributed by atoms with Crippen LogP contribution in [0, 0.1) is 0 Å². The Morgan fingerprint density at radius 1 is 0.895 bits per heavy atom. The molecule has 0 aliphatic carbocycles. The summed E-state index contributed by atoms with van der Waals surface area (Å²) in [5.41, 5.74) is 15.4. The molecule has 3 aliphatic rings. The van der Waals surface area contributed by atoms with Crippen LogP contribution in [0.3, 0.4) is 0 Å². The first kappa shape index (κ1) is 31.9. The minimum Gasteiger partial charge on any atom is -0.394 e. The van der Waals surface area contributed by atoms with Gasteiger partial charge in [0, 0.05) is 0 Å². The average Bonchev–Trinajstić information content (AvgIpc) is 2.88. The Hall–Kier alpha value is -0.620. The van der Waals surface area contributed by atoms with Crippen LogP contribution in [0.25, 0.3) is 0 Å². The second-order valence-corrected chi connectivity index (χ2v) is 10.3. The fraction of sp³-hybridized carbons (Fsp3) is 0.950. The molecule has 0 aromatic rings. The van der Waals surface area contributed by atoms with Crippen LogP contribution in [-0.4, -0.2) is 157 Å². The van der Waals surface area contributed by atoms with Crippen molar-refractivity contribution in [2.24, 2.45) is 17.2 Å². The van der Waals surface area contributed by atoms with Crippen molar-refractivity contribution < 1.29 is 69.3 Å². The van der Waals surface area contributed by atoms with Gasteiger partial charge in [-0.2, -0.15) is 0 Å². The molecular weight excluding hydrogens is 538 g/mol. The predicted octanol–water partition coefficient (Wildman–Crippen LogP) is -7.46. The summed E-state index contributed by atoms with van der Waals surface area (Å²) in [7, 11) is 0. The maximum Gasteiger partial charge on any atom is 0.181 e. The van der Waals surface area contributed by atoms with E-state index < -0.39 is 116 Å². The number of thiol groups is 1. The third kappa shape index (κ3) is 5.48. The summed E-state index contributed by atoms with van der Waals surface area (Å²) in [6.45, 7) is -1.59. The van der Waals surface area contributed by atoms with E-state index in [9.17, 15) is 45.6 Å². The highest BCUT2D eigenvalue weighted by atomic mass is 32.1. The quantitative estimate of drug-likeness (QED) is 0.0944. The number of nitrogens with two attached hydrogens (primary N) is 3. The molecule has 0 aromatic carbocycles. The van der Waals surface area contributed by atoms with Crippen LogP contribution in [0.2, 0.25) is 0 Å². The zero-order valence-corrected chi connectivity index (χ0v) is 21.2. The third-order valence-electron chi connectivity index (χ3n) is 7.19. The van der Waals surface area contributed by atoms with Crippen molar-refractivity contribution >= 4 is 18.4 Å². The fourth-order valence-electron chi connectivity index (χ4n) is 4.65. The van der Waals surface area contributed by atoms with Crippen LogP contribution in [0.15, 0.2) is 0 Å². The van der Waals surface area contributed by atoms with Gasteiger partial charge in [0.2, 0.25) is 0 Å². The highest BCUT2D eigenvalue weighted by Gasteiger charge is 2.63. The second-order valence-electron chi connectivity index (χ2n) is 9.61. The molecule has 15 atom stereocenters. The lowest BCUT2D eigenvalue weighted by Crippen LogP contribution is -2.76. The molecule has 38 heavy (non-hydrogen) atoms. The number of hydrogen-bond acceptors (Lipinski definition) is 18. The van der Waals surface area contributed by atoms with Crippen LogP contribution >= 0.6 is 12.6 Å². The van der Waals surface area contributed by atoms with Gasteiger partial charge in [0.05, 0.1) is 37.9 Å². The maximum absolute atomic E-state index is 12.3. The molecule has 14 N–H and O–H groups in total. The van der Waals surface area contributed by atoms with E-state index in [1.807, 2.05) is 0 Å². The maximum atomic E-state index is 12.3. The first-order valence-electron chi connectivity index (χ1n) is 11.7. The largest absolute Gasteiger partial charge is 0.394 e. The summed E-state index contributed by atoms with van der Waals surface area (Å²) in [4.78, 5) is 9.76. The number of aliphatic hydroxyl groups excluding tert-OH is 7. The smallest absolute Gasteiger partial charge is 0.181 e. The summed E-state index contributed by atoms with van der Waals surface area (Å²) < 4.78 is 27.6. The Morgan fingerprint density at radius 3 is 1.89 bits per heavy atom. The summed E-state index contributed by atoms with van der Waals surface area (Å²) in [6, 6.07) is -4.40. The van der Waals surface area contributed by atoms with Crippen molar-refractivity contribution in [3.05, 3.63) is 0 Å². The number of carbonyl (C=O) groups excluding carboxylic acids is 1. The minimum absolute atomic E-state index is 0.691. The molecule has 3 aliphatic heterocycles. The first-order valence-corrected chi connectivity index (χ1v) is 12.2.